The van der Waals surface area contributed by atoms with Gasteiger partial charge in [-0.3, -0.25) is 14.2 Å². The summed E-state index contributed by atoms with van der Waals surface area (Å²) in [5.41, 5.74) is 1.32. The third kappa shape index (κ3) is 3.68. The Labute approximate surface area is 145 Å². The van der Waals surface area contributed by atoms with Crippen LogP contribution in [0.25, 0.3) is 10.9 Å². The lowest BCUT2D eigenvalue weighted by Gasteiger charge is -2.15. The fourth-order valence-electron chi connectivity index (χ4n) is 2.65. The molecular weight excluding hydrogens is 318 g/mol. The van der Waals surface area contributed by atoms with Crippen LogP contribution in [0.15, 0.2) is 59.7 Å². The van der Waals surface area contributed by atoms with Gasteiger partial charge in [-0.15, -0.1) is 0 Å². The number of methoxy groups -OCH3 is 1. The minimum absolute atomic E-state index is 0.0784. The average molecular weight is 337 g/mol. The average Bonchev–Trinajstić information content (AvgIpc) is 2.64. The van der Waals surface area contributed by atoms with Gasteiger partial charge in [0, 0.05) is 0 Å². The molecule has 0 saturated heterocycles. The second-order valence-electron chi connectivity index (χ2n) is 5.76. The lowest BCUT2D eigenvalue weighted by Crippen LogP contribution is -2.34. The molecule has 6 nitrogen and oxygen atoms in total. The number of benzene rings is 2. The Hall–Kier alpha value is -3.15. The molecule has 0 aliphatic rings. The highest BCUT2D eigenvalue weighted by Gasteiger charge is 2.12. The van der Waals surface area contributed by atoms with E-state index in [2.05, 4.69) is 10.3 Å². The van der Waals surface area contributed by atoms with Crippen molar-refractivity contribution in [2.24, 2.45) is 0 Å². The fourth-order valence-corrected chi connectivity index (χ4v) is 2.65. The highest BCUT2D eigenvalue weighted by molar-refractivity contribution is 5.79. The van der Waals surface area contributed by atoms with Crippen molar-refractivity contribution in [2.45, 2.75) is 19.5 Å². The van der Waals surface area contributed by atoms with Gasteiger partial charge in [0.2, 0.25) is 5.91 Å². The summed E-state index contributed by atoms with van der Waals surface area (Å²) in [6.45, 7) is 1.80. The molecule has 0 unspecified atom stereocenters. The topological polar surface area (TPSA) is 73.2 Å². The number of hydrogen-bond donors (Lipinski definition) is 1. The minimum Gasteiger partial charge on any atom is -0.497 e. The summed E-state index contributed by atoms with van der Waals surface area (Å²) in [5.74, 6) is 0.475. The molecule has 3 rings (SSSR count). The predicted molar refractivity (Wildman–Crippen MR) is 95.6 cm³/mol. The van der Waals surface area contributed by atoms with Crippen molar-refractivity contribution < 1.29 is 9.53 Å². The zero-order valence-electron chi connectivity index (χ0n) is 14.1. The zero-order valence-corrected chi connectivity index (χ0v) is 14.1. The number of hydrogen-bond acceptors (Lipinski definition) is 4. The van der Waals surface area contributed by atoms with Crippen LogP contribution in [0.5, 0.6) is 5.75 Å². The van der Waals surface area contributed by atoms with Gasteiger partial charge in [0.15, 0.2) is 0 Å². The van der Waals surface area contributed by atoms with Crippen LogP contribution in [0.3, 0.4) is 0 Å². The van der Waals surface area contributed by atoms with Crippen LogP contribution >= 0.6 is 0 Å². The van der Waals surface area contributed by atoms with Crippen LogP contribution in [-0.4, -0.2) is 22.6 Å². The lowest BCUT2D eigenvalue weighted by atomic mass is 10.1. The quantitative estimate of drug-likeness (QED) is 0.775. The molecule has 128 valence electrons. The first kappa shape index (κ1) is 16.7. The van der Waals surface area contributed by atoms with Crippen LogP contribution in [0.4, 0.5) is 0 Å². The summed E-state index contributed by atoms with van der Waals surface area (Å²) >= 11 is 0. The Kier molecular flexibility index (Phi) is 4.79. The smallest absolute Gasteiger partial charge is 0.261 e. The Bertz CT molecular complexity index is 965. The number of nitrogens with one attached hydrogen (secondary N) is 1. The molecule has 0 aliphatic heterocycles. The zero-order chi connectivity index (χ0) is 17.8. The van der Waals surface area contributed by atoms with Gasteiger partial charge < -0.3 is 10.1 Å². The highest BCUT2D eigenvalue weighted by atomic mass is 16.5. The number of rotatable bonds is 5. The van der Waals surface area contributed by atoms with Crippen LogP contribution in [0, 0.1) is 0 Å². The van der Waals surface area contributed by atoms with Gasteiger partial charge >= 0.3 is 0 Å². The van der Waals surface area contributed by atoms with E-state index in [1.54, 1.807) is 25.3 Å². The molecule has 1 atom stereocenters. The molecule has 0 aliphatic carbocycles. The number of carbonyl (C=O) groups is 1. The molecule has 25 heavy (non-hydrogen) atoms. The van der Waals surface area contributed by atoms with Crippen molar-refractivity contribution >= 4 is 16.8 Å². The van der Waals surface area contributed by atoms with Gasteiger partial charge in [0.05, 0.1) is 30.4 Å². The summed E-state index contributed by atoms with van der Waals surface area (Å²) in [4.78, 5) is 29.0. The van der Waals surface area contributed by atoms with Gasteiger partial charge in [-0.1, -0.05) is 24.3 Å². The summed E-state index contributed by atoms with van der Waals surface area (Å²) in [6.07, 6.45) is 1.40. The number of amides is 1. The fraction of sp³-hybridized carbons (Fsp3) is 0.211. The van der Waals surface area contributed by atoms with Crippen molar-refractivity contribution in [2.75, 3.05) is 7.11 Å². The summed E-state index contributed by atoms with van der Waals surface area (Å²) in [7, 11) is 1.60. The van der Waals surface area contributed by atoms with E-state index in [0.29, 0.717) is 10.9 Å². The van der Waals surface area contributed by atoms with E-state index in [1.165, 1.54) is 10.9 Å². The van der Waals surface area contributed by atoms with Crippen LogP contribution in [-0.2, 0) is 11.3 Å². The maximum absolute atomic E-state index is 12.4. The summed E-state index contributed by atoms with van der Waals surface area (Å²) in [6, 6.07) is 14.4. The third-order valence-corrected chi connectivity index (χ3v) is 4.02. The Morgan fingerprint density at radius 1 is 1.24 bits per heavy atom. The molecule has 1 N–H and O–H groups in total. The maximum Gasteiger partial charge on any atom is 0.261 e. The summed E-state index contributed by atoms with van der Waals surface area (Å²) < 4.78 is 6.51. The van der Waals surface area contributed by atoms with Gasteiger partial charge in [-0.05, 0) is 36.8 Å². The van der Waals surface area contributed by atoms with Crippen molar-refractivity contribution in [3.8, 4) is 5.75 Å². The standard InChI is InChI=1S/C19H19N3O3/c1-13(14-6-5-7-15(10-14)25-2)21-18(23)11-22-12-20-17-9-4-3-8-16(17)19(22)24/h3-10,12-13H,11H2,1-2H3,(H,21,23)/t13-/m0/s1. The van der Waals surface area contributed by atoms with Gasteiger partial charge in [-0.2, -0.15) is 0 Å². The third-order valence-electron chi connectivity index (χ3n) is 4.02. The summed E-state index contributed by atoms with van der Waals surface area (Å²) in [5, 5.41) is 3.39. The molecular formula is C19H19N3O3. The Morgan fingerprint density at radius 2 is 2.04 bits per heavy atom. The minimum atomic E-state index is -0.255. The molecule has 1 amide bonds. The maximum atomic E-state index is 12.4. The van der Waals surface area contributed by atoms with Crippen LogP contribution in [0.2, 0.25) is 0 Å². The molecule has 1 heterocycles. The highest BCUT2D eigenvalue weighted by Crippen LogP contribution is 2.18. The molecule has 1 aromatic heterocycles. The first-order valence-corrected chi connectivity index (χ1v) is 7.96. The number of carbonyl (C=O) groups excluding carboxylic acids is 1. The lowest BCUT2D eigenvalue weighted by molar-refractivity contribution is -0.122. The molecule has 3 aromatic rings. The molecule has 0 radical (unpaired) electrons. The van der Waals surface area contributed by atoms with E-state index in [-0.39, 0.29) is 24.1 Å². The number of fused-ring (bicyclic) bond motifs is 1. The Balaban J connectivity index is 1.74. The number of para-hydroxylation sites is 1. The van der Waals surface area contributed by atoms with Crippen molar-refractivity contribution in [3.05, 3.63) is 70.8 Å². The van der Waals surface area contributed by atoms with E-state index >= 15 is 0 Å². The number of aromatic nitrogens is 2. The van der Waals surface area contributed by atoms with Crippen LogP contribution in [0.1, 0.15) is 18.5 Å². The monoisotopic (exact) mass is 337 g/mol. The largest absolute Gasteiger partial charge is 0.497 e. The van der Waals surface area contributed by atoms with Gasteiger partial charge in [0.1, 0.15) is 12.3 Å². The molecule has 0 fully saturated rings. The van der Waals surface area contributed by atoms with Gasteiger partial charge in [0.25, 0.3) is 5.56 Å². The van der Waals surface area contributed by atoms with Gasteiger partial charge in [-0.25, -0.2) is 4.98 Å². The molecule has 0 saturated carbocycles. The van der Waals surface area contributed by atoms with E-state index in [0.717, 1.165) is 11.3 Å². The molecule has 0 bridgehead atoms. The van der Waals surface area contributed by atoms with Crippen molar-refractivity contribution in [1.82, 2.24) is 14.9 Å². The molecule has 0 spiro atoms. The van der Waals surface area contributed by atoms with E-state index < -0.39 is 0 Å². The second-order valence-corrected chi connectivity index (χ2v) is 5.76. The Morgan fingerprint density at radius 3 is 2.84 bits per heavy atom. The number of ether oxygens (including phenoxy) is 1. The van der Waals surface area contributed by atoms with E-state index in [1.807, 2.05) is 37.3 Å². The first-order chi connectivity index (χ1) is 12.1. The van der Waals surface area contributed by atoms with E-state index in [4.69, 9.17) is 4.74 Å². The molecule has 2 aromatic carbocycles. The van der Waals surface area contributed by atoms with Crippen LogP contribution < -0.4 is 15.6 Å². The van der Waals surface area contributed by atoms with Crippen molar-refractivity contribution in [3.63, 3.8) is 0 Å². The molecule has 6 heteroatoms. The second kappa shape index (κ2) is 7.17. The van der Waals surface area contributed by atoms with E-state index in [9.17, 15) is 9.59 Å². The van der Waals surface area contributed by atoms with Crippen molar-refractivity contribution in [1.29, 1.82) is 0 Å². The SMILES string of the molecule is COc1cccc([C@H](C)NC(=O)Cn2cnc3ccccc3c2=O)c1. The number of nitrogens with zero attached hydrogens (tertiary/aromatic N) is 2. The first-order valence-electron chi connectivity index (χ1n) is 7.96. The predicted octanol–water partition coefficient (Wildman–Crippen LogP) is 2.28. The normalized spacial score (nSPS) is 11.9.